The first kappa shape index (κ1) is 11.7. The maximum absolute atomic E-state index is 11.6. The SMILES string of the molecule is [B]c1ccc(=O)n(Cc2ccc(CC)cc2)c1. The van der Waals surface area contributed by atoms with E-state index in [0.29, 0.717) is 12.0 Å². The van der Waals surface area contributed by atoms with E-state index in [1.807, 2.05) is 0 Å². The third kappa shape index (κ3) is 2.87. The fourth-order valence-electron chi connectivity index (χ4n) is 1.75. The number of hydrogen-bond acceptors (Lipinski definition) is 1. The molecule has 2 aromatic rings. The summed E-state index contributed by atoms with van der Waals surface area (Å²) in [4.78, 5) is 11.6. The second-order valence-corrected chi connectivity index (χ2v) is 4.10. The fourth-order valence-corrected chi connectivity index (χ4v) is 1.75. The molecule has 1 heterocycles. The first-order valence-electron chi connectivity index (χ1n) is 5.73. The predicted molar refractivity (Wildman–Crippen MR) is 71.0 cm³/mol. The third-order valence-electron chi connectivity index (χ3n) is 2.79. The van der Waals surface area contributed by atoms with E-state index in [4.69, 9.17) is 7.85 Å². The molecule has 0 saturated carbocycles. The standard InChI is InChI=1S/C14H14BNO/c1-2-11-3-5-12(6-4-11)9-16-10-13(15)7-8-14(16)17/h3-8,10H,2,9H2,1H3. The Hall–Kier alpha value is -1.77. The van der Waals surface area contributed by atoms with Gasteiger partial charge < -0.3 is 4.57 Å². The molecule has 0 aliphatic heterocycles. The molecule has 0 atom stereocenters. The Balaban J connectivity index is 2.25. The van der Waals surface area contributed by atoms with Crippen LogP contribution in [-0.4, -0.2) is 12.4 Å². The molecule has 17 heavy (non-hydrogen) atoms. The topological polar surface area (TPSA) is 22.0 Å². The summed E-state index contributed by atoms with van der Waals surface area (Å²) in [6.07, 6.45) is 2.70. The van der Waals surface area contributed by atoms with E-state index >= 15 is 0 Å². The van der Waals surface area contributed by atoms with Gasteiger partial charge in [-0.25, -0.2) is 0 Å². The molecule has 0 fully saturated rings. The molecule has 0 unspecified atom stereocenters. The molecule has 84 valence electrons. The van der Waals surface area contributed by atoms with E-state index in [9.17, 15) is 4.79 Å². The lowest BCUT2D eigenvalue weighted by molar-refractivity contribution is 0.763. The van der Waals surface area contributed by atoms with Crippen molar-refractivity contribution >= 4 is 13.3 Å². The lowest BCUT2D eigenvalue weighted by Crippen LogP contribution is -2.23. The van der Waals surface area contributed by atoms with Crippen LogP contribution in [-0.2, 0) is 13.0 Å². The minimum atomic E-state index is -0.0289. The van der Waals surface area contributed by atoms with E-state index < -0.39 is 0 Å². The van der Waals surface area contributed by atoms with Crippen LogP contribution in [0.1, 0.15) is 18.1 Å². The Morgan fingerprint density at radius 1 is 1.06 bits per heavy atom. The highest BCUT2D eigenvalue weighted by molar-refractivity contribution is 6.32. The smallest absolute Gasteiger partial charge is 0.250 e. The molecule has 1 aromatic carbocycles. The number of aryl methyl sites for hydroxylation is 1. The van der Waals surface area contributed by atoms with E-state index in [-0.39, 0.29) is 5.56 Å². The van der Waals surface area contributed by atoms with Crippen LogP contribution in [0, 0.1) is 0 Å². The van der Waals surface area contributed by atoms with Gasteiger partial charge in [0.15, 0.2) is 0 Å². The maximum Gasteiger partial charge on any atom is 0.250 e. The van der Waals surface area contributed by atoms with Crippen LogP contribution in [0.4, 0.5) is 0 Å². The van der Waals surface area contributed by atoms with Crippen LogP contribution in [0.15, 0.2) is 47.4 Å². The van der Waals surface area contributed by atoms with Gasteiger partial charge in [-0.05, 0) is 17.5 Å². The van der Waals surface area contributed by atoms with Crippen LogP contribution in [0.5, 0.6) is 0 Å². The van der Waals surface area contributed by atoms with Gasteiger partial charge in [-0.3, -0.25) is 4.79 Å². The quantitative estimate of drug-likeness (QED) is 0.718. The highest BCUT2D eigenvalue weighted by atomic mass is 16.1. The van der Waals surface area contributed by atoms with Crippen LogP contribution >= 0.6 is 0 Å². The van der Waals surface area contributed by atoms with Crippen molar-refractivity contribution < 1.29 is 0 Å². The zero-order chi connectivity index (χ0) is 12.3. The predicted octanol–water partition coefficient (Wildman–Crippen LogP) is 1.25. The van der Waals surface area contributed by atoms with Crippen molar-refractivity contribution in [3.63, 3.8) is 0 Å². The Kier molecular flexibility index (Phi) is 3.47. The molecule has 0 aliphatic carbocycles. The van der Waals surface area contributed by atoms with Gasteiger partial charge in [0.05, 0.1) is 6.54 Å². The summed E-state index contributed by atoms with van der Waals surface area (Å²) < 4.78 is 1.62. The molecule has 2 rings (SSSR count). The molecule has 0 N–H and O–H groups in total. The second-order valence-electron chi connectivity index (χ2n) is 4.10. The van der Waals surface area contributed by atoms with Crippen molar-refractivity contribution in [1.29, 1.82) is 0 Å². The number of hydrogen-bond donors (Lipinski definition) is 0. The molecule has 0 bridgehead atoms. The average molecular weight is 223 g/mol. The monoisotopic (exact) mass is 223 g/mol. The lowest BCUT2D eigenvalue weighted by Gasteiger charge is -2.07. The van der Waals surface area contributed by atoms with Crippen molar-refractivity contribution in [2.75, 3.05) is 0 Å². The van der Waals surface area contributed by atoms with Gasteiger partial charge in [0.2, 0.25) is 0 Å². The van der Waals surface area contributed by atoms with Crippen LogP contribution < -0.4 is 11.0 Å². The summed E-state index contributed by atoms with van der Waals surface area (Å²) in [6.45, 7) is 2.69. The molecule has 3 heteroatoms. The molecule has 0 saturated heterocycles. The highest BCUT2D eigenvalue weighted by Gasteiger charge is 1.98. The summed E-state index contributed by atoms with van der Waals surface area (Å²) in [5, 5.41) is 0. The minimum absolute atomic E-state index is 0.0289. The Bertz CT molecular complexity index is 557. The molecule has 0 amide bonds. The molecule has 0 spiro atoms. The van der Waals surface area contributed by atoms with Crippen molar-refractivity contribution in [3.8, 4) is 0 Å². The van der Waals surface area contributed by atoms with Crippen LogP contribution in [0.25, 0.3) is 0 Å². The van der Waals surface area contributed by atoms with Gasteiger partial charge in [0, 0.05) is 12.3 Å². The van der Waals surface area contributed by atoms with Crippen molar-refractivity contribution in [1.82, 2.24) is 4.57 Å². The van der Waals surface area contributed by atoms with Gasteiger partial charge in [-0.1, -0.05) is 42.7 Å². The first-order valence-corrected chi connectivity index (χ1v) is 5.73. The Labute approximate surface area is 102 Å². The Morgan fingerprint density at radius 2 is 1.71 bits per heavy atom. The highest BCUT2D eigenvalue weighted by Crippen LogP contribution is 2.05. The molecule has 1 aromatic heterocycles. The number of benzene rings is 1. The number of nitrogens with zero attached hydrogens (tertiary/aromatic N) is 1. The number of rotatable bonds is 3. The van der Waals surface area contributed by atoms with E-state index in [0.717, 1.165) is 12.0 Å². The third-order valence-corrected chi connectivity index (χ3v) is 2.79. The largest absolute Gasteiger partial charge is 0.312 e. The molecule has 2 radical (unpaired) electrons. The van der Waals surface area contributed by atoms with E-state index in [1.54, 1.807) is 16.8 Å². The normalized spacial score (nSPS) is 10.4. The summed E-state index contributed by atoms with van der Waals surface area (Å²) in [6, 6.07) is 11.4. The first-order chi connectivity index (χ1) is 8.19. The fraction of sp³-hybridized carbons (Fsp3) is 0.214. The van der Waals surface area contributed by atoms with Crippen molar-refractivity contribution in [2.24, 2.45) is 0 Å². The van der Waals surface area contributed by atoms with Crippen molar-refractivity contribution in [3.05, 3.63) is 64.1 Å². The van der Waals surface area contributed by atoms with Gasteiger partial charge in [-0.15, -0.1) is 0 Å². The molecule has 0 aliphatic rings. The van der Waals surface area contributed by atoms with Gasteiger partial charge in [-0.2, -0.15) is 0 Å². The second kappa shape index (κ2) is 5.04. The summed E-state index contributed by atoms with van der Waals surface area (Å²) >= 11 is 0. The summed E-state index contributed by atoms with van der Waals surface area (Å²) in [5.74, 6) is 0. The molecular formula is C14H14BNO. The Morgan fingerprint density at radius 3 is 2.35 bits per heavy atom. The minimum Gasteiger partial charge on any atom is -0.312 e. The summed E-state index contributed by atoms with van der Waals surface area (Å²) in [5.41, 5.74) is 2.98. The summed E-state index contributed by atoms with van der Waals surface area (Å²) in [7, 11) is 5.67. The number of pyridine rings is 1. The molecule has 2 nitrogen and oxygen atoms in total. The van der Waals surface area contributed by atoms with Gasteiger partial charge >= 0.3 is 0 Å². The average Bonchev–Trinajstić information content (AvgIpc) is 2.35. The van der Waals surface area contributed by atoms with Crippen molar-refractivity contribution in [2.45, 2.75) is 19.9 Å². The molecular weight excluding hydrogens is 209 g/mol. The van der Waals surface area contributed by atoms with Gasteiger partial charge in [0.25, 0.3) is 5.56 Å². The van der Waals surface area contributed by atoms with Gasteiger partial charge in [0.1, 0.15) is 7.85 Å². The maximum atomic E-state index is 11.6. The van der Waals surface area contributed by atoms with E-state index in [2.05, 4.69) is 31.2 Å². The van der Waals surface area contributed by atoms with E-state index in [1.165, 1.54) is 11.6 Å². The number of aromatic nitrogens is 1. The van der Waals surface area contributed by atoms with Crippen LogP contribution in [0.2, 0.25) is 0 Å². The van der Waals surface area contributed by atoms with Crippen LogP contribution in [0.3, 0.4) is 0 Å². The lowest BCUT2D eigenvalue weighted by atomic mass is 9.99. The zero-order valence-electron chi connectivity index (χ0n) is 9.89. The zero-order valence-corrected chi connectivity index (χ0v) is 9.89.